The summed E-state index contributed by atoms with van der Waals surface area (Å²) < 4.78 is 10.9. The third-order valence-electron chi connectivity index (χ3n) is 3.50. The smallest absolute Gasteiger partial charge is 0.189 e. The van der Waals surface area contributed by atoms with E-state index >= 15 is 0 Å². The highest BCUT2D eigenvalue weighted by atomic mass is 35.5. The summed E-state index contributed by atoms with van der Waals surface area (Å²) >= 11 is 6.32. The van der Waals surface area contributed by atoms with Crippen LogP contribution in [0, 0.1) is 5.92 Å². The summed E-state index contributed by atoms with van der Waals surface area (Å²) in [4.78, 5) is 12.5. The van der Waals surface area contributed by atoms with Crippen LogP contribution in [0.4, 0.5) is 0 Å². The van der Waals surface area contributed by atoms with Gasteiger partial charge in [-0.25, -0.2) is 0 Å². The van der Waals surface area contributed by atoms with E-state index in [-0.39, 0.29) is 14.1 Å². The zero-order chi connectivity index (χ0) is 17.5. The van der Waals surface area contributed by atoms with E-state index in [1.807, 2.05) is 24.3 Å². The van der Waals surface area contributed by atoms with Gasteiger partial charge in [0.2, 0.25) is 0 Å². The minimum Gasteiger partial charge on any atom is -0.496 e. The Labute approximate surface area is 150 Å². The predicted octanol–water partition coefficient (Wildman–Crippen LogP) is 4.92. The lowest BCUT2D eigenvalue weighted by molar-refractivity contribution is 0.108. The molecule has 0 fully saturated rings. The van der Waals surface area contributed by atoms with E-state index in [2.05, 4.69) is 13.8 Å². The Bertz CT molecular complexity index is 701. The van der Waals surface area contributed by atoms with Crippen molar-refractivity contribution < 1.29 is 14.3 Å². The number of hydrogen-bond donors (Lipinski definition) is 0. The first kappa shape index (κ1) is 18.8. The van der Waals surface area contributed by atoms with Crippen LogP contribution < -0.4 is 14.8 Å². The Balaban J connectivity index is 2.06. The van der Waals surface area contributed by atoms with E-state index in [9.17, 15) is 4.79 Å². The molecule has 0 saturated heterocycles. The first-order valence-electron chi connectivity index (χ1n) is 7.88. The highest BCUT2D eigenvalue weighted by Gasteiger charge is 2.14. The number of rotatable bonds is 8. The molecule has 2 aromatic carbocycles. The molecule has 5 heteroatoms. The van der Waals surface area contributed by atoms with Gasteiger partial charge in [0.15, 0.2) is 5.52 Å². The molecule has 0 aliphatic heterocycles. The average Bonchev–Trinajstić information content (AvgIpc) is 2.56. The van der Waals surface area contributed by atoms with E-state index in [0.717, 1.165) is 17.5 Å². The molecular weight excluding hydrogens is 343 g/mol. The highest BCUT2D eigenvalue weighted by molar-refractivity contribution is 7.66. The molecule has 0 amide bonds. The van der Waals surface area contributed by atoms with Gasteiger partial charge in [0.05, 0.1) is 24.3 Å². The molecule has 0 spiro atoms. The summed E-state index contributed by atoms with van der Waals surface area (Å²) in [6, 6.07) is 12.7. The molecule has 0 aliphatic carbocycles. The van der Waals surface area contributed by atoms with Crippen LogP contribution in [-0.4, -0.2) is 19.2 Å². The van der Waals surface area contributed by atoms with Crippen molar-refractivity contribution in [2.24, 2.45) is 5.92 Å². The Morgan fingerprint density at radius 3 is 2.62 bits per heavy atom. The molecule has 2 rings (SSSR count). The van der Waals surface area contributed by atoms with Gasteiger partial charge < -0.3 is 9.47 Å². The second-order valence-electron chi connectivity index (χ2n) is 5.83. The van der Waals surface area contributed by atoms with Crippen molar-refractivity contribution in [3.8, 4) is 11.5 Å². The van der Waals surface area contributed by atoms with Gasteiger partial charge in [0, 0.05) is 0 Å². The topological polar surface area (TPSA) is 35.5 Å². The fourth-order valence-corrected chi connectivity index (χ4v) is 3.38. The van der Waals surface area contributed by atoms with Crippen LogP contribution in [0.15, 0.2) is 42.5 Å². The molecule has 0 bridgehead atoms. The van der Waals surface area contributed by atoms with Crippen LogP contribution in [0.2, 0.25) is 5.02 Å². The maximum absolute atomic E-state index is 12.5. The first-order valence-corrected chi connectivity index (χ1v) is 9.25. The van der Waals surface area contributed by atoms with E-state index in [1.165, 1.54) is 0 Å². The fourth-order valence-electron chi connectivity index (χ4n) is 2.12. The first-order chi connectivity index (χ1) is 11.5. The number of para-hydroxylation sites is 1. The van der Waals surface area contributed by atoms with Crippen molar-refractivity contribution in [1.29, 1.82) is 0 Å². The highest BCUT2D eigenvalue weighted by Crippen LogP contribution is 2.29. The molecule has 1 atom stereocenters. The molecule has 1 unspecified atom stereocenters. The SMILES string of the molecule is COc1ccccc1C(=O)Pc1ccc(OCCC(C)C)cc1Cl. The fraction of sp³-hybridized carbons (Fsp3) is 0.316. The van der Waals surface area contributed by atoms with Gasteiger partial charge in [0.1, 0.15) is 11.5 Å². The molecule has 0 aromatic heterocycles. The summed E-state index contributed by atoms with van der Waals surface area (Å²) in [6.45, 7) is 4.98. The van der Waals surface area contributed by atoms with Crippen LogP contribution in [0.3, 0.4) is 0 Å². The molecule has 0 aliphatic rings. The standard InChI is InChI=1S/C19H22ClO3P/c1-13(2)10-11-23-14-8-9-18(16(20)12-14)24-19(21)15-6-4-5-7-17(15)22-3/h4-9,12-13,24H,10-11H2,1-3H3. The summed E-state index contributed by atoms with van der Waals surface area (Å²) in [5.41, 5.74) is 0.578. The van der Waals surface area contributed by atoms with E-state index in [0.29, 0.717) is 28.9 Å². The van der Waals surface area contributed by atoms with Gasteiger partial charge in [-0.1, -0.05) is 37.6 Å². The molecule has 2 aromatic rings. The minimum atomic E-state index is -0.0577. The van der Waals surface area contributed by atoms with E-state index in [1.54, 1.807) is 25.3 Å². The Kier molecular flexibility index (Phi) is 7.08. The Morgan fingerprint density at radius 1 is 1.21 bits per heavy atom. The number of benzene rings is 2. The van der Waals surface area contributed by atoms with Crippen LogP contribution in [0.5, 0.6) is 11.5 Å². The van der Waals surface area contributed by atoms with E-state index < -0.39 is 0 Å². The third kappa shape index (κ3) is 5.22. The summed E-state index contributed by atoms with van der Waals surface area (Å²) in [5.74, 6) is 1.92. The van der Waals surface area contributed by atoms with Crippen molar-refractivity contribution in [2.45, 2.75) is 20.3 Å². The lowest BCUT2D eigenvalue weighted by Crippen LogP contribution is -2.06. The maximum Gasteiger partial charge on any atom is 0.189 e. The van der Waals surface area contributed by atoms with Gasteiger partial charge in [-0.05, 0) is 56.6 Å². The van der Waals surface area contributed by atoms with Gasteiger partial charge >= 0.3 is 0 Å². The number of carbonyl (C=O) groups is 1. The van der Waals surface area contributed by atoms with Crippen molar-refractivity contribution in [1.82, 2.24) is 0 Å². The zero-order valence-corrected chi connectivity index (χ0v) is 15.9. The molecular formula is C19H22ClO3P. The van der Waals surface area contributed by atoms with Crippen molar-refractivity contribution >= 4 is 31.0 Å². The number of hydrogen-bond acceptors (Lipinski definition) is 3. The van der Waals surface area contributed by atoms with Crippen LogP contribution >= 0.6 is 20.2 Å². The summed E-state index contributed by atoms with van der Waals surface area (Å²) in [5, 5.41) is 1.36. The van der Waals surface area contributed by atoms with Crippen molar-refractivity contribution in [3.05, 3.63) is 53.1 Å². The zero-order valence-electron chi connectivity index (χ0n) is 14.1. The van der Waals surface area contributed by atoms with Crippen LogP contribution in [-0.2, 0) is 0 Å². The molecule has 0 heterocycles. The average molecular weight is 365 g/mol. The normalized spacial score (nSPS) is 11.2. The van der Waals surface area contributed by atoms with Gasteiger partial charge in [-0.15, -0.1) is 0 Å². The van der Waals surface area contributed by atoms with Crippen LogP contribution in [0.25, 0.3) is 0 Å². The monoisotopic (exact) mass is 364 g/mol. The number of halogens is 1. The number of carbonyl (C=O) groups excluding carboxylic acids is 1. The molecule has 24 heavy (non-hydrogen) atoms. The summed E-state index contributed by atoms with van der Waals surface area (Å²) in [6.07, 6.45) is 0.993. The second kappa shape index (κ2) is 9.05. The molecule has 0 saturated carbocycles. The molecule has 3 nitrogen and oxygen atoms in total. The molecule has 128 valence electrons. The van der Waals surface area contributed by atoms with Crippen LogP contribution in [0.1, 0.15) is 30.6 Å². The van der Waals surface area contributed by atoms with Gasteiger partial charge in [-0.2, -0.15) is 0 Å². The van der Waals surface area contributed by atoms with E-state index in [4.69, 9.17) is 21.1 Å². The number of methoxy groups -OCH3 is 1. The Hall–Kier alpha value is -1.57. The number of ether oxygens (including phenoxy) is 2. The maximum atomic E-state index is 12.5. The van der Waals surface area contributed by atoms with Gasteiger partial charge in [0.25, 0.3) is 0 Å². The second-order valence-corrected chi connectivity index (χ2v) is 7.48. The lowest BCUT2D eigenvalue weighted by Gasteiger charge is -2.11. The van der Waals surface area contributed by atoms with Crippen molar-refractivity contribution in [2.75, 3.05) is 13.7 Å². The van der Waals surface area contributed by atoms with Crippen molar-refractivity contribution in [3.63, 3.8) is 0 Å². The summed E-state index contributed by atoms with van der Waals surface area (Å²) in [7, 11) is 1.50. The predicted molar refractivity (Wildman–Crippen MR) is 102 cm³/mol. The quantitative estimate of drug-likeness (QED) is 0.624. The molecule has 0 N–H and O–H groups in total. The third-order valence-corrected chi connectivity index (χ3v) is 5.18. The molecule has 0 radical (unpaired) electrons. The van der Waals surface area contributed by atoms with Gasteiger partial charge in [-0.3, -0.25) is 4.79 Å². The lowest BCUT2D eigenvalue weighted by atomic mass is 10.1. The minimum absolute atomic E-state index is 0.00262. The largest absolute Gasteiger partial charge is 0.496 e. The Morgan fingerprint density at radius 2 is 1.96 bits per heavy atom.